The number of aromatic nitrogens is 2. The van der Waals surface area contributed by atoms with Crippen molar-refractivity contribution in [2.75, 3.05) is 12.0 Å². The third-order valence-electron chi connectivity index (χ3n) is 6.03. The molecule has 10 nitrogen and oxygen atoms in total. The fourth-order valence-corrected chi connectivity index (χ4v) is 4.83. The molecule has 6 N–H and O–H groups in total. The molecule has 0 spiro atoms. The van der Waals surface area contributed by atoms with Crippen LogP contribution in [0.1, 0.15) is 29.8 Å². The van der Waals surface area contributed by atoms with E-state index in [0.29, 0.717) is 22.6 Å². The predicted octanol–water partition coefficient (Wildman–Crippen LogP) is 3.20. The number of hydrogen-bond donors (Lipinski definition) is 5. The Hall–Kier alpha value is -4.41. The third kappa shape index (κ3) is 3.72. The molecule has 1 unspecified atom stereocenters. The van der Waals surface area contributed by atoms with Crippen LogP contribution in [-0.4, -0.2) is 38.2 Å². The number of aliphatic imine (C=N–C) groups is 1. The van der Waals surface area contributed by atoms with Gasteiger partial charge in [0.05, 0.1) is 22.1 Å². The van der Waals surface area contributed by atoms with Crippen molar-refractivity contribution in [3.8, 4) is 5.69 Å². The van der Waals surface area contributed by atoms with Gasteiger partial charge in [-0.2, -0.15) is 0 Å². The molecule has 11 heteroatoms. The van der Waals surface area contributed by atoms with E-state index in [2.05, 4.69) is 15.3 Å². The Labute approximate surface area is 209 Å². The molecule has 1 aliphatic heterocycles. The molecule has 4 aromatic rings. The second-order valence-electron chi connectivity index (χ2n) is 8.27. The number of fused-ring (bicyclic) bond motifs is 2. The number of para-hydroxylation sites is 1. The Morgan fingerprint density at radius 2 is 1.92 bits per heavy atom. The van der Waals surface area contributed by atoms with Crippen LogP contribution >= 0.6 is 11.6 Å². The Bertz CT molecular complexity index is 1660. The first-order valence-corrected chi connectivity index (χ1v) is 11.4. The zero-order valence-electron chi connectivity index (χ0n) is 19.1. The zero-order chi connectivity index (χ0) is 25.6. The van der Waals surface area contributed by atoms with Crippen molar-refractivity contribution in [1.29, 1.82) is 5.41 Å². The Morgan fingerprint density at radius 3 is 2.64 bits per heavy atom. The molecule has 5 rings (SSSR count). The summed E-state index contributed by atoms with van der Waals surface area (Å²) in [5.74, 6) is 0.213. The Balaban J connectivity index is 1.83. The number of nitrogens with one attached hydrogen (secondary N) is 3. The zero-order valence-corrected chi connectivity index (χ0v) is 19.9. The second-order valence-corrected chi connectivity index (χ2v) is 8.65. The summed E-state index contributed by atoms with van der Waals surface area (Å²) in [5.41, 5.74) is 6.36. The van der Waals surface area contributed by atoms with E-state index in [1.54, 1.807) is 49.4 Å². The largest absolute Gasteiger partial charge is 0.384 e. The topological polar surface area (TPSA) is 153 Å². The lowest BCUT2D eigenvalue weighted by atomic mass is 10.0. The molecule has 0 bridgehead atoms. The summed E-state index contributed by atoms with van der Waals surface area (Å²) in [7, 11) is 0. The standard InChI is InChI=1S/C25H22ClN7O3/c1-13(31-24-19-17(34)10-11-29-23(19)30-12-32(24)36)21-20(26)15-8-5-9-16(22(27)28)18(15)25(35)33(21)14-6-3-2-4-7-14/h2-11,13,36H,12H2,1H3,(H3,27,28)(H2,29,30,34). The minimum absolute atomic E-state index is 0.00256. The summed E-state index contributed by atoms with van der Waals surface area (Å²) in [5, 5.41) is 23.2. The summed E-state index contributed by atoms with van der Waals surface area (Å²) in [6, 6.07) is 14.4. The lowest BCUT2D eigenvalue weighted by molar-refractivity contribution is -0.00881. The number of benzene rings is 2. The van der Waals surface area contributed by atoms with Gasteiger partial charge in [0, 0.05) is 28.9 Å². The molecule has 0 saturated heterocycles. The van der Waals surface area contributed by atoms with E-state index in [0.717, 1.165) is 5.06 Å². The lowest BCUT2D eigenvalue weighted by Crippen LogP contribution is -2.42. The summed E-state index contributed by atoms with van der Waals surface area (Å²) in [6.07, 6.45) is 1.50. The Morgan fingerprint density at radius 1 is 1.17 bits per heavy atom. The van der Waals surface area contributed by atoms with Gasteiger partial charge in [0.25, 0.3) is 5.56 Å². The molecule has 1 atom stereocenters. The van der Waals surface area contributed by atoms with Crippen molar-refractivity contribution in [1.82, 2.24) is 14.6 Å². The number of H-pyrrole nitrogens is 1. The molecule has 0 saturated carbocycles. The first-order chi connectivity index (χ1) is 17.3. The number of halogens is 1. The molecule has 3 heterocycles. The molecule has 0 amide bonds. The maximum Gasteiger partial charge on any atom is 0.264 e. The van der Waals surface area contributed by atoms with Crippen LogP contribution in [0.25, 0.3) is 16.5 Å². The number of nitrogen functional groups attached to an aromatic ring is 1. The highest BCUT2D eigenvalue weighted by atomic mass is 35.5. The van der Waals surface area contributed by atoms with Gasteiger partial charge in [0.2, 0.25) is 0 Å². The third-order valence-corrected chi connectivity index (χ3v) is 6.43. The van der Waals surface area contributed by atoms with Gasteiger partial charge in [-0.3, -0.25) is 29.8 Å². The predicted molar refractivity (Wildman–Crippen MR) is 140 cm³/mol. The normalized spacial score (nSPS) is 15.0. The van der Waals surface area contributed by atoms with Crippen molar-refractivity contribution in [2.45, 2.75) is 13.0 Å². The molecule has 0 radical (unpaired) electrons. The minimum Gasteiger partial charge on any atom is -0.384 e. The molecular formula is C25H22ClN7O3. The molecular weight excluding hydrogens is 482 g/mol. The smallest absolute Gasteiger partial charge is 0.264 e. The average Bonchev–Trinajstić information content (AvgIpc) is 2.87. The fourth-order valence-electron chi connectivity index (χ4n) is 4.43. The summed E-state index contributed by atoms with van der Waals surface area (Å²) in [6.45, 7) is 1.72. The van der Waals surface area contributed by atoms with Crippen LogP contribution in [0.5, 0.6) is 0 Å². The average molecular weight is 504 g/mol. The van der Waals surface area contributed by atoms with E-state index in [1.165, 1.54) is 16.8 Å². The summed E-state index contributed by atoms with van der Waals surface area (Å²) < 4.78 is 1.44. The number of pyridine rings is 2. The van der Waals surface area contributed by atoms with Crippen molar-refractivity contribution < 1.29 is 5.21 Å². The van der Waals surface area contributed by atoms with Crippen LogP contribution < -0.4 is 22.0 Å². The maximum atomic E-state index is 13.9. The second kappa shape index (κ2) is 8.99. The van der Waals surface area contributed by atoms with Gasteiger partial charge in [-0.05, 0) is 19.1 Å². The first-order valence-electron chi connectivity index (χ1n) is 11.1. The maximum absolute atomic E-state index is 13.9. The van der Waals surface area contributed by atoms with Crippen molar-refractivity contribution in [3.63, 3.8) is 0 Å². The molecule has 2 aromatic heterocycles. The van der Waals surface area contributed by atoms with E-state index in [-0.39, 0.29) is 45.3 Å². The number of hydroxylamine groups is 2. The lowest BCUT2D eigenvalue weighted by Gasteiger charge is -2.28. The highest BCUT2D eigenvalue weighted by Gasteiger charge is 2.28. The highest BCUT2D eigenvalue weighted by Crippen LogP contribution is 2.34. The van der Waals surface area contributed by atoms with Gasteiger partial charge in [0.1, 0.15) is 23.9 Å². The molecule has 1 aliphatic rings. The van der Waals surface area contributed by atoms with E-state index >= 15 is 0 Å². The number of nitrogens with two attached hydrogens (primary N) is 1. The SMILES string of the molecule is CC(N=C1c2c([nH]ccc2=O)NCN1O)c1c(Cl)c2cccc(C(=N)N)c2c(=O)n1-c1ccccc1. The summed E-state index contributed by atoms with van der Waals surface area (Å²) in [4.78, 5) is 34.2. The number of amidine groups is 2. The van der Waals surface area contributed by atoms with Gasteiger partial charge < -0.3 is 16.0 Å². The van der Waals surface area contributed by atoms with E-state index in [4.69, 9.17) is 22.7 Å². The molecule has 36 heavy (non-hydrogen) atoms. The Kier molecular flexibility index (Phi) is 5.83. The van der Waals surface area contributed by atoms with Gasteiger partial charge in [-0.25, -0.2) is 5.06 Å². The van der Waals surface area contributed by atoms with E-state index in [9.17, 15) is 14.8 Å². The monoisotopic (exact) mass is 503 g/mol. The van der Waals surface area contributed by atoms with Gasteiger partial charge in [-0.15, -0.1) is 0 Å². The van der Waals surface area contributed by atoms with E-state index < -0.39 is 11.6 Å². The molecule has 0 fully saturated rings. The number of aromatic amines is 1. The van der Waals surface area contributed by atoms with Gasteiger partial charge >= 0.3 is 0 Å². The van der Waals surface area contributed by atoms with Gasteiger partial charge in [-0.1, -0.05) is 48.0 Å². The van der Waals surface area contributed by atoms with Crippen molar-refractivity contribution in [3.05, 3.63) is 103 Å². The molecule has 182 valence electrons. The number of nitrogens with zero attached hydrogens (tertiary/aromatic N) is 3. The highest BCUT2D eigenvalue weighted by molar-refractivity contribution is 6.36. The number of hydrogen-bond acceptors (Lipinski definition) is 6. The van der Waals surface area contributed by atoms with Crippen LogP contribution in [-0.2, 0) is 0 Å². The van der Waals surface area contributed by atoms with Crippen LogP contribution in [0.15, 0.2) is 75.4 Å². The summed E-state index contributed by atoms with van der Waals surface area (Å²) >= 11 is 6.93. The van der Waals surface area contributed by atoms with Gasteiger partial charge in [0.15, 0.2) is 11.3 Å². The quantitative estimate of drug-likeness (QED) is 0.213. The molecule has 2 aromatic carbocycles. The van der Waals surface area contributed by atoms with Crippen LogP contribution in [0, 0.1) is 5.41 Å². The fraction of sp³-hybridized carbons (Fsp3) is 0.120. The number of rotatable bonds is 4. The van der Waals surface area contributed by atoms with E-state index in [1.807, 2.05) is 6.07 Å². The molecule has 0 aliphatic carbocycles. The van der Waals surface area contributed by atoms with Crippen LogP contribution in [0.2, 0.25) is 5.02 Å². The van der Waals surface area contributed by atoms with Crippen LogP contribution in [0.3, 0.4) is 0 Å². The van der Waals surface area contributed by atoms with Crippen molar-refractivity contribution in [2.24, 2.45) is 10.7 Å². The van der Waals surface area contributed by atoms with Crippen LogP contribution in [0.4, 0.5) is 5.82 Å². The van der Waals surface area contributed by atoms with Crippen molar-refractivity contribution >= 4 is 39.9 Å². The minimum atomic E-state index is -0.772. The first kappa shape index (κ1) is 23.3. The number of anilines is 1.